The van der Waals surface area contributed by atoms with Crippen LogP contribution in [0.2, 0.25) is 0 Å². The van der Waals surface area contributed by atoms with Crippen LogP contribution in [0.3, 0.4) is 0 Å². The smallest absolute Gasteiger partial charge is 0.262 e. The van der Waals surface area contributed by atoms with Gasteiger partial charge in [0.15, 0.2) is 5.16 Å². The van der Waals surface area contributed by atoms with E-state index in [2.05, 4.69) is 26.0 Å². The molecule has 2 heterocycles. The molecule has 3 aromatic rings. The Balaban J connectivity index is 1.55. The third-order valence-corrected chi connectivity index (χ3v) is 6.14. The average Bonchev–Trinajstić information content (AvgIpc) is 2.73. The van der Waals surface area contributed by atoms with Gasteiger partial charge in [-0.1, -0.05) is 62.0 Å². The Kier molecular flexibility index (Phi) is 5.72. The van der Waals surface area contributed by atoms with Crippen LogP contribution < -0.4 is 5.56 Å². The molecule has 0 aliphatic carbocycles. The topological polar surface area (TPSA) is 55.2 Å². The maximum absolute atomic E-state index is 13.0. The molecule has 0 fully saturated rings. The molecule has 1 aliphatic heterocycles. The molecule has 2 aromatic carbocycles. The molecule has 0 spiro atoms. The molecule has 0 N–H and O–H groups in total. The van der Waals surface area contributed by atoms with Crippen molar-refractivity contribution in [2.45, 2.75) is 38.5 Å². The summed E-state index contributed by atoms with van der Waals surface area (Å²) >= 11 is 1.36. The average molecular weight is 408 g/mol. The summed E-state index contributed by atoms with van der Waals surface area (Å²) in [5, 5.41) is 1.24. The Hall–Kier alpha value is -2.60. The monoisotopic (exact) mass is 407 g/mol. The fraction of sp³-hybridized carbons (Fsp3) is 0.348. The molecule has 29 heavy (non-hydrogen) atoms. The molecule has 0 radical (unpaired) electrons. The van der Waals surface area contributed by atoms with Gasteiger partial charge in [-0.05, 0) is 35.6 Å². The number of aromatic nitrogens is 2. The summed E-state index contributed by atoms with van der Waals surface area (Å²) < 4.78 is 1.72. The normalized spacial score (nSPS) is 13.7. The van der Waals surface area contributed by atoms with Gasteiger partial charge < -0.3 is 4.90 Å². The van der Waals surface area contributed by atoms with Gasteiger partial charge in [0, 0.05) is 19.6 Å². The second-order valence-electron chi connectivity index (χ2n) is 7.84. The zero-order valence-corrected chi connectivity index (χ0v) is 17.6. The highest BCUT2D eigenvalue weighted by molar-refractivity contribution is 7.99. The second kappa shape index (κ2) is 8.41. The van der Waals surface area contributed by atoms with E-state index in [0.717, 1.165) is 13.0 Å². The molecule has 6 heteroatoms. The van der Waals surface area contributed by atoms with Gasteiger partial charge in [0.25, 0.3) is 5.56 Å². The fourth-order valence-corrected chi connectivity index (χ4v) is 4.62. The Morgan fingerprint density at radius 3 is 2.62 bits per heavy atom. The molecule has 0 unspecified atom stereocenters. The molecule has 0 saturated carbocycles. The lowest BCUT2D eigenvalue weighted by molar-refractivity contribution is -0.129. The van der Waals surface area contributed by atoms with E-state index in [1.54, 1.807) is 4.57 Å². The molecule has 1 aromatic heterocycles. The number of para-hydroxylation sites is 1. The van der Waals surface area contributed by atoms with E-state index in [0.29, 0.717) is 35.1 Å². The van der Waals surface area contributed by atoms with Crippen LogP contribution in [0.5, 0.6) is 0 Å². The summed E-state index contributed by atoms with van der Waals surface area (Å²) in [5.41, 5.74) is 3.19. The number of carbonyl (C=O) groups excluding carboxylic acids is 1. The number of hydrogen-bond donors (Lipinski definition) is 0. The Morgan fingerprint density at radius 1 is 1.10 bits per heavy atom. The van der Waals surface area contributed by atoms with Gasteiger partial charge in [-0.15, -0.1) is 0 Å². The third kappa shape index (κ3) is 4.22. The molecule has 0 atom stereocenters. The van der Waals surface area contributed by atoms with E-state index < -0.39 is 0 Å². The SMILES string of the molecule is CC(C)Cn1c(SCC(=O)N2CCc3ccccc3C2)nc2ccccc2c1=O. The fourth-order valence-electron chi connectivity index (χ4n) is 3.71. The van der Waals surface area contributed by atoms with Crippen molar-refractivity contribution in [3.05, 3.63) is 70.0 Å². The minimum Gasteiger partial charge on any atom is -0.337 e. The molecular formula is C23H25N3O2S. The van der Waals surface area contributed by atoms with Crippen molar-refractivity contribution >= 4 is 28.6 Å². The van der Waals surface area contributed by atoms with Gasteiger partial charge in [0.05, 0.1) is 16.7 Å². The summed E-state index contributed by atoms with van der Waals surface area (Å²) in [5.74, 6) is 0.678. The first-order valence-corrected chi connectivity index (χ1v) is 11.0. The molecule has 1 amide bonds. The van der Waals surface area contributed by atoms with Crippen LogP contribution in [0.25, 0.3) is 10.9 Å². The van der Waals surface area contributed by atoms with Gasteiger partial charge in [-0.3, -0.25) is 14.2 Å². The lowest BCUT2D eigenvalue weighted by atomic mass is 10.00. The lowest BCUT2D eigenvalue weighted by Crippen LogP contribution is -2.37. The van der Waals surface area contributed by atoms with E-state index in [1.165, 1.54) is 22.9 Å². The number of rotatable bonds is 5. The first-order valence-electron chi connectivity index (χ1n) is 10.00. The number of fused-ring (bicyclic) bond motifs is 2. The summed E-state index contributed by atoms with van der Waals surface area (Å²) in [6, 6.07) is 15.7. The van der Waals surface area contributed by atoms with Crippen molar-refractivity contribution in [1.29, 1.82) is 0 Å². The van der Waals surface area contributed by atoms with Crippen LogP contribution in [-0.2, 0) is 24.3 Å². The van der Waals surface area contributed by atoms with Crippen molar-refractivity contribution in [2.24, 2.45) is 5.92 Å². The summed E-state index contributed by atoms with van der Waals surface area (Å²) in [6.45, 7) is 6.13. The Bertz CT molecular complexity index is 1110. The van der Waals surface area contributed by atoms with E-state index in [9.17, 15) is 9.59 Å². The number of carbonyl (C=O) groups is 1. The maximum atomic E-state index is 13.0. The van der Waals surface area contributed by atoms with Crippen LogP contribution in [0, 0.1) is 5.92 Å². The molecule has 150 valence electrons. The first-order chi connectivity index (χ1) is 14.0. The van der Waals surface area contributed by atoms with Crippen molar-refractivity contribution in [3.8, 4) is 0 Å². The van der Waals surface area contributed by atoms with Crippen LogP contribution in [0.15, 0.2) is 58.5 Å². The minimum atomic E-state index is -0.0360. The molecule has 0 saturated heterocycles. The van der Waals surface area contributed by atoms with Crippen molar-refractivity contribution < 1.29 is 4.79 Å². The predicted molar refractivity (Wildman–Crippen MR) is 117 cm³/mol. The highest BCUT2D eigenvalue weighted by Gasteiger charge is 2.21. The van der Waals surface area contributed by atoms with Crippen LogP contribution in [-0.4, -0.2) is 32.7 Å². The molecule has 4 rings (SSSR count). The molecule has 1 aliphatic rings. The van der Waals surface area contributed by atoms with Gasteiger partial charge in [0.1, 0.15) is 0 Å². The summed E-state index contributed by atoms with van der Waals surface area (Å²) in [7, 11) is 0. The number of nitrogens with zero attached hydrogens (tertiary/aromatic N) is 3. The van der Waals surface area contributed by atoms with E-state index in [4.69, 9.17) is 4.98 Å². The van der Waals surface area contributed by atoms with Gasteiger partial charge >= 0.3 is 0 Å². The minimum absolute atomic E-state index is 0.0360. The predicted octanol–water partition coefficient (Wildman–Crippen LogP) is 3.73. The zero-order chi connectivity index (χ0) is 20.4. The highest BCUT2D eigenvalue weighted by Crippen LogP contribution is 2.22. The molecular weight excluding hydrogens is 382 g/mol. The summed E-state index contributed by atoms with van der Waals surface area (Å²) in [4.78, 5) is 32.4. The second-order valence-corrected chi connectivity index (χ2v) is 8.79. The van der Waals surface area contributed by atoms with Crippen molar-refractivity contribution in [1.82, 2.24) is 14.5 Å². The number of hydrogen-bond acceptors (Lipinski definition) is 4. The first kappa shape index (κ1) is 19.7. The van der Waals surface area contributed by atoms with E-state index in [1.807, 2.05) is 41.3 Å². The number of benzene rings is 2. The van der Waals surface area contributed by atoms with Gasteiger partial charge in [0.2, 0.25) is 5.91 Å². The zero-order valence-electron chi connectivity index (χ0n) is 16.8. The Morgan fingerprint density at radius 2 is 1.83 bits per heavy atom. The van der Waals surface area contributed by atoms with E-state index in [-0.39, 0.29) is 17.2 Å². The van der Waals surface area contributed by atoms with Gasteiger partial charge in [-0.2, -0.15) is 0 Å². The van der Waals surface area contributed by atoms with Gasteiger partial charge in [-0.25, -0.2) is 4.98 Å². The van der Waals surface area contributed by atoms with Crippen molar-refractivity contribution in [3.63, 3.8) is 0 Å². The molecule has 5 nitrogen and oxygen atoms in total. The van der Waals surface area contributed by atoms with Crippen LogP contribution >= 0.6 is 11.8 Å². The van der Waals surface area contributed by atoms with Crippen molar-refractivity contribution in [2.75, 3.05) is 12.3 Å². The maximum Gasteiger partial charge on any atom is 0.262 e. The number of amides is 1. The summed E-state index contributed by atoms with van der Waals surface area (Å²) in [6.07, 6.45) is 0.888. The lowest BCUT2D eigenvalue weighted by Gasteiger charge is -2.28. The van der Waals surface area contributed by atoms with E-state index >= 15 is 0 Å². The van der Waals surface area contributed by atoms with Crippen LogP contribution in [0.4, 0.5) is 0 Å². The molecule has 0 bridgehead atoms. The third-order valence-electron chi connectivity index (χ3n) is 5.18. The highest BCUT2D eigenvalue weighted by atomic mass is 32.2. The van der Waals surface area contributed by atoms with Crippen LogP contribution in [0.1, 0.15) is 25.0 Å². The number of thioether (sulfide) groups is 1. The Labute approximate surface area is 174 Å². The standard InChI is InChI=1S/C23H25N3O2S/c1-16(2)13-26-22(28)19-9-5-6-10-20(19)24-23(26)29-15-21(27)25-12-11-17-7-3-4-8-18(17)14-25/h3-10,16H,11-15H2,1-2H3. The quantitative estimate of drug-likeness (QED) is 0.478. The largest absolute Gasteiger partial charge is 0.337 e.